The van der Waals surface area contributed by atoms with Crippen molar-refractivity contribution in [1.82, 2.24) is 14.3 Å². The second-order valence-corrected chi connectivity index (χ2v) is 7.99. The largest absolute Gasteiger partial charge is 0.394 e. The molecular formula is C21H23Cl2N5O3. The molecule has 1 unspecified atom stereocenters. The van der Waals surface area contributed by atoms with Crippen molar-refractivity contribution in [2.45, 2.75) is 32.0 Å². The molecule has 0 aliphatic heterocycles. The highest BCUT2D eigenvalue weighted by molar-refractivity contribution is 6.33. The van der Waals surface area contributed by atoms with Crippen LogP contribution in [0.5, 0.6) is 0 Å². The summed E-state index contributed by atoms with van der Waals surface area (Å²) >= 11 is 12.2. The van der Waals surface area contributed by atoms with Crippen LogP contribution in [0.3, 0.4) is 0 Å². The molecule has 8 nitrogen and oxygen atoms in total. The van der Waals surface area contributed by atoms with Crippen molar-refractivity contribution in [2.75, 3.05) is 0 Å². The molecule has 0 bridgehead atoms. The maximum absolute atomic E-state index is 12.7. The maximum atomic E-state index is 12.7. The lowest BCUT2D eigenvalue weighted by atomic mass is 10.0. The molecule has 0 aliphatic rings. The monoisotopic (exact) mass is 463 g/mol. The van der Waals surface area contributed by atoms with Crippen molar-refractivity contribution in [1.29, 1.82) is 0 Å². The Morgan fingerprint density at radius 2 is 2.00 bits per heavy atom. The minimum absolute atomic E-state index is 0.00372. The van der Waals surface area contributed by atoms with Crippen molar-refractivity contribution >= 4 is 29.1 Å². The Morgan fingerprint density at radius 1 is 1.29 bits per heavy atom. The van der Waals surface area contributed by atoms with Crippen molar-refractivity contribution in [2.24, 2.45) is 17.9 Å². The molecule has 2 aromatic heterocycles. The van der Waals surface area contributed by atoms with Crippen LogP contribution in [0.4, 0.5) is 0 Å². The first-order valence-electron chi connectivity index (χ1n) is 9.53. The third kappa shape index (κ3) is 5.74. The van der Waals surface area contributed by atoms with E-state index >= 15 is 0 Å². The van der Waals surface area contributed by atoms with Gasteiger partial charge in [0.15, 0.2) is 0 Å². The molecule has 0 amide bonds. The normalized spacial score (nSPS) is 13.8. The van der Waals surface area contributed by atoms with E-state index < -0.39 is 11.7 Å². The number of rotatable bonds is 7. The number of nitrogens with two attached hydrogens (primary N) is 1. The van der Waals surface area contributed by atoms with Gasteiger partial charge in [-0.15, -0.1) is 0 Å². The Hall–Kier alpha value is -2.65. The molecule has 0 fully saturated rings. The summed E-state index contributed by atoms with van der Waals surface area (Å²) in [6, 6.07) is 8.36. The van der Waals surface area contributed by atoms with E-state index in [0.717, 1.165) is 11.1 Å². The Morgan fingerprint density at radius 3 is 2.61 bits per heavy atom. The molecule has 0 aliphatic carbocycles. The molecular weight excluding hydrogens is 441 g/mol. The first-order chi connectivity index (χ1) is 14.8. The third-order valence-corrected chi connectivity index (χ3v) is 5.36. The number of benzene rings is 1. The van der Waals surface area contributed by atoms with E-state index in [1.165, 1.54) is 4.57 Å². The minimum Gasteiger partial charge on any atom is -0.394 e. The van der Waals surface area contributed by atoms with Crippen LogP contribution in [0, 0.1) is 0 Å². The van der Waals surface area contributed by atoms with Gasteiger partial charge in [-0.3, -0.25) is 9.48 Å². The summed E-state index contributed by atoms with van der Waals surface area (Å²) in [6.07, 6.45) is 4.61. The van der Waals surface area contributed by atoms with E-state index in [2.05, 4.69) is 10.1 Å². The van der Waals surface area contributed by atoms with E-state index in [0.29, 0.717) is 17.0 Å². The molecule has 2 heterocycles. The van der Waals surface area contributed by atoms with Gasteiger partial charge in [-0.2, -0.15) is 11.0 Å². The van der Waals surface area contributed by atoms with Gasteiger partial charge in [-0.05, 0) is 37.1 Å². The van der Waals surface area contributed by atoms with Gasteiger partial charge >= 0.3 is 0 Å². The molecule has 0 spiro atoms. The van der Waals surface area contributed by atoms with Gasteiger partial charge in [0, 0.05) is 35.6 Å². The van der Waals surface area contributed by atoms with E-state index in [1.54, 1.807) is 60.7 Å². The van der Waals surface area contributed by atoms with E-state index in [4.69, 9.17) is 33.9 Å². The summed E-state index contributed by atoms with van der Waals surface area (Å²) in [7, 11) is 1.78. The molecule has 3 aromatic rings. The molecule has 3 rings (SSSR count). The fourth-order valence-corrected chi connectivity index (χ4v) is 3.56. The van der Waals surface area contributed by atoms with E-state index in [9.17, 15) is 9.90 Å². The summed E-state index contributed by atoms with van der Waals surface area (Å²) in [5.74, 6) is 5.51. The smallest absolute Gasteiger partial charge is 0.270 e. The van der Waals surface area contributed by atoms with E-state index in [-0.39, 0.29) is 23.5 Å². The fraction of sp³-hybridized carbons (Fsp3) is 0.286. The molecule has 0 radical (unpaired) electrons. The lowest BCUT2D eigenvalue weighted by Crippen LogP contribution is -2.28. The number of aliphatic imine (C=N–C) groups is 1. The number of aliphatic hydroxyl groups is 1. The summed E-state index contributed by atoms with van der Waals surface area (Å²) < 4.78 is 2.99. The van der Waals surface area contributed by atoms with Crippen molar-refractivity contribution in [3.8, 4) is 11.1 Å². The van der Waals surface area contributed by atoms with Gasteiger partial charge in [0.1, 0.15) is 11.6 Å². The molecule has 1 aromatic carbocycles. The van der Waals surface area contributed by atoms with Gasteiger partial charge in [0.2, 0.25) is 5.90 Å². The summed E-state index contributed by atoms with van der Waals surface area (Å²) in [5, 5.41) is 15.2. The standard InChI is InChI=1S/C21H23Cl2N5O3/c1-13(9-18(29)14-3-5-16(22)6-4-14)26-19(31-24)12-28-8-7-17(20(23)21(28)30)15-10-25-27(2)11-15/h3-8,10-11,13,18,29H,9,12,24H2,1-2H3/t13?,18-/m0/s1. The van der Waals surface area contributed by atoms with Crippen molar-refractivity contribution < 1.29 is 9.94 Å². The van der Waals surface area contributed by atoms with Crippen LogP contribution in [0.15, 0.2) is 58.7 Å². The fourth-order valence-electron chi connectivity index (χ4n) is 3.15. The Labute approximate surface area is 189 Å². The Kier molecular flexibility index (Phi) is 7.50. The summed E-state index contributed by atoms with van der Waals surface area (Å²) in [5.41, 5.74) is 1.66. The summed E-state index contributed by atoms with van der Waals surface area (Å²) in [6.45, 7) is 1.82. The number of aromatic nitrogens is 3. The van der Waals surface area contributed by atoms with Crippen molar-refractivity contribution in [3.05, 3.63) is 74.9 Å². The van der Waals surface area contributed by atoms with Crippen LogP contribution in [0.1, 0.15) is 25.0 Å². The predicted octanol–water partition coefficient (Wildman–Crippen LogP) is 3.36. The number of aliphatic hydroxyl groups excluding tert-OH is 1. The van der Waals surface area contributed by atoms with Crippen LogP contribution in [0.25, 0.3) is 11.1 Å². The maximum Gasteiger partial charge on any atom is 0.270 e. The second kappa shape index (κ2) is 10.1. The SMILES string of the molecule is CC(C[C@H](O)c1ccc(Cl)cc1)N=C(Cn1ccc(-c2cnn(C)c2)c(Cl)c1=O)ON. The van der Waals surface area contributed by atoms with Crippen LogP contribution in [-0.2, 0) is 18.4 Å². The molecule has 2 atom stereocenters. The highest BCUT2D eigenvalue weighted by Gasteiger charge is 2.16. The molecule has 0 saturated carbocycles. The highest BCUT2D eigenvalue weighted by atomic mass is 35.5. The van der Waals surface area contributed by atoms with Gasteiger partial charge in [0.25, 0.3) is 5.56 Å². The number of hydrogen-bond donors (Lipinski definition) is 2. The Balaban J connectivity index is 1.73. The van der Waals surface area contributed by atoms with Gasteiger partial charge in [0.05, 0.1) is 18.3 Å². The number of nitrogens with zero attached hydrogens (tertiary/aromatic N) is 4. The quantitative estimate of drug-likeness (QED) is 0.317. The molecule has 0 saturated heterocycles. The molecule has 10 heteroatoms. The zero-order valence-corrected chi connectivity index (χ0v) is 18.6. The third-order valence-electron chi connectivity index (χ3n) is 4.75. The van der Waals surface area contributed by atoms with E-state index in [1.807, 2.05) is 6.92 Å². The highest BCUT2D eigenvalue weighted by Crippen LogP contribution is 2.24. The van der Waals surface area contributed by atoms with Gasteiger partial charge in [-0.1, -0.05) is 35.3 Å². The van der Waals surface area contributed by atoms with Crippen molar-refractivity contribution in [3.63, 3.8) is 0 Å². The number of aryl methyl sites for hydroxylation is 1. The van der Waals surface area contributed by atoms with Crippen LogP contribution in [0.2, 0.25) is 10.0 Å². The van der Waals surface area contributed by atoms with Crippen LogP contribution < -0.4 is 11.5 Å². The topological polar surface area (TPSA) is 108 Å². The van der Waals surface area contributed by atoms with Gasteiger partial charge in [-0.25, -0.2) is 4.99 Å². The minimum atomic E-state index is -0.731. The first kappa shape index (κ1) is 23.0. The Bertz CT molecular complexity index is 1120. The molecule has 31 heavy (non-hydrogen) atoms. The first-order valence-corrected chi connectivity index (χ1v) is 10.3. The zero-order valence-electron chi connectivity index (χ0n) is 17.1. The average Bonchev–Trinajstić information content (AvgIpc) is 3.17. The zero-order chi connectivity index (χ0) is 22.5. The van der Waals surface area contributed by atoms with Gasteiger partial charge < -0.3 is 14.5 Å². The average molecular weight is 464 g/mol. The number of hydrogen-bond acceptors (Lipinski definition) is 6. The summed E-state index contributed by atoms with van der Waals surface area (Å²) in [4.78, 5) is 22.0. The molecule has 3 N–H and O–H groups in total. The number of pyridine rings is 1. The lowest BCUT2D eigenvalue weighted by Gasteiger charge is -2.16. The second-order valence-electron chi connectivity index (χ2n) is 7.17. The molecule has 164 valence electrons. The number of halogens is 2. The van der Waals surface area contributed by atoms with Crippen LogP contribution in [-0.4, -0.2) is 31.4 Å². The lowest BCUT2D eigenvalue weighted by molar-refractivity contribution is 0.159. The predicted molar refractivity (Wildman–Crippen MR) is 121 cm³/mol. The van der Waals surface area contributed by atoms with Crippen LogP contribution >= 0.6 is 23.2 Å².